The van der Waals surface area contributed by atoms with E-state index in [-0.39, 0.29) is 0 Å². The van der Waals surface area contributed by atoms with Gasteiger partial charge in [-0.2, -0.15) is 0 Å². The van der Waals surface area contributed by atoms with Gasteiger partial charge in [0.15, 0.2) is 0 Å². The van der Waals surface area contributed by atoms with E-state index in [4.69, 9.17) is 0 Å². The minimum atomic E-state index is 1.24. The molecule has 0 atom stereocenters. The van der Waals surface area contributed by atoms with Crippen LogP contribution in [0.3, 0.4) is 0 Å². The van der Waals surface area contributed by atoms with Gasteiger partial charge in [-0.05, 0) is 40.5 Å². The molecule has 0 heterocycles. The lowest BCUT2D eigenvalue weighted by Crippen LogP contribution is -2.10. The summed E-state index contributed by atoms with van der Waals surface area (Å²) in [5.74, 6) is 0. The lowest BCUT2D eigenvalue weighted by molar-refractivity contribution is 1.14. The van der Waals surface area contributed by atoms with Crippen molar-refractivity contribution in [1.82, 2.24) is 0 Å². The standard InChI is InChI=1S/C25H23N/c1-18-12-14-20(15-13-18)21-9-6-7-11-23(21)25-22-10-5-4-8-19(22)16-17-24(25)26(2)3/h4-17H,1-3H3. The average molecular weight is 337 g/mol. The third kappa shape index (κ3) is 2.86. The molecule has 4 rings (SSSR count). The first-order valence-electron chi connectivity index (χ1n) is 9.00. The van der Waals surface area contributed by atoms with E-state index in [1.807, 2.05) is 0 Å². The summed E-state index contributed by atoms with van der Waals surface area (Å²) >= 11 is 0. The Morgan fingerprint density at radius 1 is 0.615 bits per heavy atom. The summed E-state index contributed by atoms with van der Waals surface area (Å²) in [7, 11) is 4.23. The third-order valence-corrected chi connectivity index (χ3v) is 4.95. The van der Waals surface area contributed by atoms with Crippen LogP contribution in [-0.4, -0.2) is 14.1 Å². The zero-order valence-electron chi connectivity index (χ0n) is 15.5. The number of hydrogen-bond acceptors (Lipinski definition) is 1. The summed E-state index contributed by atoms with van der Waals surface area (Å²) in [6.07, 6.45) is 0. The molecular weight excluding hydrogens is 314 g/mol. The molecule has 0 aromatic heterocycles. The van der Waals surface area contributed by atoms with Crippen LogP contribution in [0.2, 0.25) is 0 Å². The van der Waals surface area contributed by atoms with Crippen LogP contribution >= 0.6 is 0 Å². The highest BCUT2D eigenvalue weighted by molar-refractivity contribution is 6.06. The van der Waals surface area contributed by atoms with Gasteiger partial charge in [0.2, 0.25) is 0 Å². The minimum Gasteiger partial charge on any atom is -0.377 e. The largest absolute Gasteiger partial charge is 0.377 e. The van der Waals surface area contributed by atoms with Crippen LogP contribution in [0.4, 0.5) is 5.69 Å². The first kappa shape index (κ1) is 16.4. The molecule has 0 bridgehead atoms. The predicted molar refractivity (Wildman–Crippen MR) is 114 cm³/mol. The van der Waals surface area contributed by atoms with E-state index in [1.54, 1.807) is 0 Å². The highest BCUT2D eigenvalue weighted by Crippen LogP contribution is 2.41. The number of rotatable bonds is 3. The maximum Gasteiger partial charge on any atom is 0.0447 e. The van der Waals surface area contributed by atoms with Crippen LogP contribution in [0.1, 0.15) is 5.56 Å². The summed E-state index contributed by atoms with van der Waals surface area (Å²) in [4.78, 5) is 2.20. The van der Waals surface area contributed by atoms with Crippen molar-refractivity contribution in [1.29, 1.82) is 0 Å². The van der Waals surface area contributed by atoms with E-state index in [0.29, 0.717) is 0 Å². The molecule has 26 heavy (non-hydrogen) atoms. The van der Waals surface area contributed by atoms with Crippen molar-refractivity contribution < 1.29 is 0 Å². The van der Waals surface area contributed by atoms with Crippen LogP contribution in [0, 0.1) is 6.92 Å². The van der Waals surface area contributed by atoms with Gasteiger partial charge in [-0.3, -0.25) is 0 Å². The minimum absolute atomic E-state index is 1.24. The summed E-state index contributed by atoms with van der Waals surface area (Å²) in [5, 5.41) is 2.56. The van der Waals surface area contributed by atoms with Crippen molar-refractivity contribution >= 4 is 16.5 Å². The first-order valence-corrected chi connectivity index (χ1v) is 9.00. The molecule has 4 aromatic carbocycles. The molecule has 0 spiro atoms. The molecule has 0 unspecified atom stereocenters. The summed E-state index contributed by atoms with van der Waals surface area (Å²) in [6, 6.07) is 30.6. The van der Waals surface area contributed by atoms with Crippen LogP contribution in [-0.2, 0) is 0 Å². The lowest BCUT2D eigenvalue weighted by atomic mass is 9.90. The van der Waals surface area contributed by atoms with Crippen molar-refractivity contribution in [3.63, 3.8) is 0 Å². The van der Waals surface area contributed by atoms with Crippen LogP contribution in [0.15, 0.2) is 84.9 Å². The fourth-order valence-electron chi connectivity index (χ4n) is 3.60. The zero-order valence-corrected chi connectivity index (χ0v) is 15.5. The Balaban J connectivity index is 2.05. The highest BCUT2D eigenvalue weighted by Gasteiger charge is 2.15. The molecule has 0 N–H and O–H groups in total. The van der Waals surface area contributed by atoms with E-state index in [2.05, 4.69) is 111 Å². The van der Waals surface area contributed by atoms with E-state index in [1.165, 1.54) is 44.3 Å². The second kappa shape index (κ2) is 6.68. The van der Waals surface area contributed by atoms with Crippen molar-refractivity contribution in [2.24, 2.45) is 0 Å². The Hall–Kier alpha value is -3.06. The summed E-state index contributed by atoms with van der Waals surface area (Å²) in [6.45, 7) is 2.13. The third-order valence-electron chi connectivity index (χ3n) is 4.95. The topological polar surface area (TPSA) is 3.24 Å². The van der Waals surface area contributed by atoms with Crippen LogP contribution in [0.25, 0.3) is 33.0 Å². The van der Waals surface area contributed by atoms with E-state index < -0.39 is 0 Å². The van der Waals surface area contributed by atoms with E-state index >= 15 is 0 Å². The molecular formula is C25H23N. The van der Waals surface area contributed by atoms with Gasteiger partial charge < -0.3 is 4.90 Å². The molecule has 0 aliphatic heterocycles. The van der Waals surface area contributed by atoms with Gasteiger partial charge in [0.05, 0.1) is 0 Å². The number of benzene rings is 4. The SMILES string of the molecule is Cc1ccc(-c2ccccc2-c2c(N(C)C)ccc3ccccc23)cc1. The molecule has 0 saturated heterocycles. The van der Waals surface area contributed by atoms with E-state index in [9.17, 15) is 0 Å². The first-order chi connectivity index (χ1) is 12.6. The molecule has 1 heteroatoms. The van der Waals surface area contributed by atoms with Crippen molar-refractivity contribution in [3.05, 3.63) is 90.5 Å². The second-order valence-electron chi connectivity index (χ2n) is 6.99. The second-order valence-corrected chi connectivity index (χ2v) is 6.99. The van der Waals surface area contributed by atoms with Crippen molar-refractivity contribution in [3.8, 4) is 22.3 Å². The van der Waals surface area contributed by atoms with Crippen LogP contribution < -0.4 is 4.90 Å². The Morgan fingerprint density at radius 3 is 2.00 bits per heavy atom. The fraction of sp³-hybridized carbons (Fsp3) is 0.120. The lowest BCUT2D eigenvalue weighted by Gasteiger charge is -2.22. The Kier molecular flexibility index (Phi) is 4.22. The molecule has 0 aliphatic rings. The molecule has 128 valence electrons. The number of aryl methyl sites for hydroxylation is 1. The van der Waals surface area contributed by atoms with E-state index in [0.717, 1.165) is 0 Å². The van der Waals surface area contributed by atoms with Crippen LogP contribution in [0.5, 0.6) is 0 Å². The summed E-state index contributed by atoms with van der Waals surface area (Å²) < 4.78 is 0. The highest BCUT2D eigenvalue weighted by atomic mass is 15.1. The quantitative estimate of drug-likeness (QED) is 0.410. The maximum absolute atomic E-state index is 2.24. The van der Waals surface area contributed by atoms with Gasteiger partial charge in [-0.1, -0.05) is 84.4 Å². The van der Waals surface area contributed by atoms with Gasteiger partial charge in [0.1, 0.15) is 0 Å². The average Bonchev–Trinajstić information content (AvgIpc) is 2.67. The van der Waals surface area contributed by atoms with Gasteiger partial charge in [0, 0.05) is 25.3 Å². The van der Waals surface area contributed by atoms with Crippen molar-refractivity contribution in [2.75, 3.05) is 19.0 Å². The Labute approximate surface area is 155 Å². The normalized spacial score (nSPS) is 10.9. The number of hydrogen-bond donors (Lipinski definition) is 0. The number of fused-ring (bicyclic) bond motifs is 1. The van der Waals surface area contributed by atoms with Gasteiger partial charge >= 0.3 is 0 Å². The zero-order chi connectivity index (χ0) is 18.1. The summed E-state index contributed by atoms with van der Waals surface area (Å²) in [5.41, 5.74) is 7.62. The molecule has 4 aromatic rings. The fourth-order valence-corrected chi connectivity index (χ4v) is 3.60. The maximum atomic E-state index is 2.24. The molecule has 0 saturated carbocycles. The Morgan fingerprint density at radius 2 is 1.27 bits per heavy atom. The van der Waals surface area contributed by atoms with Gasteiger partial charge in [0.25, 0.3) is 0 Å². The number of anilines is 1. The number of nitrogens with zero attached hydrogens (tertiary/aromatic N) is 1. The van der Waals surface area contributed by atoms with Gasteiger partial charge in [-0.15, -0.1) is 0 Å². The molecule has 0 fully saturated rings. The predicted octanol–water partition coefficient (Wildman–Crippen LogP) is 6.55. The molecule has 1 nitrogen and oxygen atoms in total. The van der Waals surface area contributed by atoms with Crippen molar-refractivity contribution in [2.45, 2.75) is 6.92 Å². The monoisotopic (exact) mass is 337 g/mol. The molecule has 0 amide bonds. The Bertz CT molecular complexity index is 1060. The smallest absolute Gasteiger partial charge is 0.0447 e. The molecule has 0 aliphatic carbocycles. The molecule has 0 radical (unpaired) electrons. The van der Waals surface area contributed by atoms with Gasteiger partial charge in [-0.25, -0.2) is 0 Å².